The van der Waals surface area contributed by atoms with Crippen LogP contribution in [0.4, 0.5) is 8.78 Å². The van der Waals surface area contributed by atoms with E-state index >= 15 is 0 Å². The minimum absolute atomic E-state index is 0.129. The van der Waals surface area contributed by atoms with Gasteiger partial charge in [-0.25, -0.2) is 13.8 Å². The molecule has 0 fully saturated rings. The van der Waals surface area contributed by atoms with E-state index in [0.29, 0.717) is 18.7 Å². The maximum atomic E-state index is 13.4. The number of rotatable bonds is 3. The standard InChI is InChI=1S/C14H16F2N4/c15-11-2-1-10(7-12(11)16)13(8-17)20-6-5-19-4-3-18-14(19)9-20/h1-4,7,13H,5-6,8-9,17H2. The molecule has 106 valence electrons. The third kappa shape index (κ3) is 2.32. The Morgan fingerprint density at radius 3 is 2.85 bits per heavy atom. The van der Waals surface area contributed by atoms with E-state index in [1.165, 1.54) is 6.07 Å². The molecule has 4 nitrogen and oxygen atoms in total. The molecule has 1 aliphatic heterocycles. The highest BCUT2D eigenvalue weighted by Gasteiger charge is 2.25. The smallest absolute Gasteiger partial charge is 0.159 e. The fourth-order valence-corrected chi connectivity index (χ4v) is 2.67. The van der Waals surface area contributed by atoms with Gasteiger partial charge >= 0.3 is 0 Å². The van der Waals surface area contributed by atoms with E-state index in [0.717, 1.165) is 25.0 Å². The normalized spacial score (nSPS) is 16.9. The maximum Gasteiger partial charge on any atom is 0.159 e. The van der Waals surface area contributed by atoms with Gasteiger partial charge in [-0.2, -0.15) is 0 Å². The fourth-order valence-electron chi connectivity index (χ4n) is 2.67. The third-order valence-corrected chi connectivity index (χ3v) is 3.77. The van der Waals surface area contributed by atoms with E-state index in [4.69, 9.17) is 5.73 Å². The van der Waals surface area contributed by atoms with Crippen molar-refractivity contribution in [3.05, 3.63) is 53.6 Å². The number of fused-ring (bicyclic) bond motifs is 1. The molecule has 20 heavy (non-hydrogen) atoms. The van der Waals surface area contributed by atoms with Gasteiger partial charge in [-0.3, -0.25) is 4.90 Å². The Bertz CT molecular complexity index is 611. The molecular formula is C14H16F2N4. The van der Waals surface area contributed by atoms with Crippen LogP contribution in [0.15, 0.2) is 30.6 Å². The minimum atomic E-state index is -0.835. The number of hydrogen-bond acceptors (Lipinski definition) is 3. The van der Waals surface area contributed by atoms with E-state index in [9.17, 15) is 8.78 Å². The van der Waals surface area contributed by atoms with Crippen molar-refractivity contribution in [1.82, 2.24) is 14.5 Å². The Kier molecular flexibility index (Phi) is 3.50. The number of nitrogens with two attached hydrogens (primary N) is 1. The molecule has 0 aliphatic carbocycles. The number of benzene rings is 1. The SMILES string of the molecule is NCC(c1ccc(F)c(F)c1)N1CCn2ccnc2C1. The molecule has 1 aliphatic rings. The maximum absolute atomic E-state index is 13.4. The molecule has 2 N–H and O–H groups in total. The molecule has 0 bridgehead atoms. The van der Waals surface area contributed by atoms with Crippen LogP contribution in [0.3, 0.4) is 0 Å². The van der Waals surface area contributed by atoms with Gasteiger partial charge in [0.15, 0.2) is 11.6 Å². The summed E-state index contributed by atoms with van der Waals surface area (Å²) in [5.41, 5.74) is 6.53. The van der Waals surface area contributed by atoms with Crippen LogP contribution in [0.25, 0.3) is 0 Å². The molecule has 3 rings (SSSR count). The highest BCUT2D eigenvalue weighted by molar-refractivity contribution is 5.22. The van der Waals surface area contributed by atoms with Crippen molar-refractivity contribution in [2.75, 3.05) is 13.1 Å². The molecule has 0 saturated heterocycles. The van der Waals surface area contributed by atoms with Crippen LogP contribution < -0.4 is 5.73 Å². The second-order valence-electron chi connectivity index (χ2n) is 4.93. The zero-order chi connectivity index (χ0) is 14.1. The average Bonchev–Trinajstić information content (AvgIpc) is 2.91. The Labute approximate surface area is 115 Å². The van der Waals surface area contributed by atoms with Gasteiger partial charge in [0.25, 0.3) is 0 Å². The lowest BCUT2D eigenvalue weighted by Gasteiger charge is -2.34. The average molecular weight is 278 g/mol. The Morgan fingerprint density at radius 1 is 1.25 bits per heavy atom. The highest BCUT2D eigenvalue weighted by Crippen LogP contribution is 2.25. The van der Waals surface area contributed by atoms with Gasteiger partial charge in [0.2, 0.25) is 0 Å². The van der Waals surface area contributed by atoms with E-state index < -0.39 is 11.6 Å². The molecule has 6 heteroatoms. The minimum Gasteiger partial charge on any atom is -0.333 e. The third-order valence-electron chi connectivity index (χ3n) is 3.77. The number of nitrogens with zero attached hydrogens (tertiary/aromatic N) is 3. The van der Waals surface area contributed by atoms with E-state index in [2.05, 4.69) is 14.5 Å². The van der Waals surface area contributed by atoms with Gasteiger partial charge < -0.3 is 10.3 Å². The molecule has 0 saturated carbocycles. The van der Waals surface area contributed by atoms with Gasteiger partial charge in [0.1, 0.15) is 5.82 Å². The summed E-state index contributed by atoms with van der Waals surface area (Å²) in [5, 5.41) is 0. The van der Waals surface area contributed by atoms with E-state index in [-0.39, 0.29) is 6.04 Å². The quantitative estimate of drug-likeness (QED) is 0.929. The van der Waals surface area contributed by atoms with Crippen molar-refractivity contribution < 1.29 is 8.78 Å². The van der Waals surface area contributed by atoms with Crippen LogP contribution in [-0.4, -0.2) is 27.5 Å². The van der Waals surface area contributed by atoms with Gasteiger partial charge in [0.05, 0.1) is 6.54 Å². The van der Waals surface area contributed by atoms with Crippen LogP contribution >= 0.6 is 0 Å². The van der Waals surface area contributed by atoms with Crippen molar-refractivity contribution >= 4 is 0 Å². The van der Waals surface area contributed by atoms with Crippen molar-refractivity contribution in [3.8, 4) is 0 Å². The number of halogens is 2. The van der Waals surface area contributed by atoms with Crippen molar-refractivity contribution in [2.45, 2.75) is 19.1 Å². The van der Waals surface area contributed by atoms with Crippen LogP contribution in [0.2, 0.25) is 0 Å². The summed E-state index contributed by atoms with van der Waals surface area (Å²) in [7, 11) is 0. The summed E-state index contributed by atoms with van der Waals surface area (Å²) in [5.74, 6) is -0.699. The zero-order valence-corrected chi connectivity index (χ0v) is 11.0. The Morgan fingerprint density at radius 2 is 2.10 bits per heavy atom. The first-order valence-corrected chi connectivity index (χ1v) is 6.58. The van der Waals surface area contributed by atoms with Crippen molar-refractivity contribution in [2.24, 2.45) is 5.73 Å². The van der Waals surface area contributed by atoms with Crippen molar-refractivity contribution in [3.63, 3.8) is 0 Å². The Balaban J connectivity index is 1.85. The predicted octanol–water partition coefficient (Wildman–Crippen LogP) is 1.68. The van der Waals surface area contributed by atoms with Gasteiger partial charge in [-0.15, -0.1) is 0 Å². The van der Waals surface area contributed by atoms with Crippen LogP contribution in [-0.2, 0) is 13.1 Å². The van der Waals surface area contributed by atoms with E-state index in [1.54, 1.807) is 12.3 Å². The fraction of sp³-hybridized carbons (Fsp3) is 0.357. The molecule has 0 amide bonds. The molecule has 0 spiro atoms. The van der Waals surface area contributed by atoms with E-state index in [1.807, 2.05) is 6.20 Å². The summed E-state index contributed by atoms with van der Waals surface area (Å²) in [6.45, 7) is 2.65. The topological polar surface area (TPSA) is 47.1 Å². The second kappa shape index (κ2) is 5.30. The van der Waals surface area contributed by atoms with Crippen LogP contribution in [0, 0.1) is 11.6 Å². The summed E-state index contributed by atoms with van der Waals surface area (Å²) < 4.78 is 28.5. The zero-order valence-electron chi connectivity index (χ0n) is 11.0. The molecule has 2 aromatic rings. The largest absolute Gasteiger partial charge is 0.333 e. The van der Waals surface area contributed by atoms with Gasteiger partial charge in [-0.05, 0) is 17.7 Å². The van der Waals surface area contributed by atoms with Gasteiger partial charge in [0, 0.05) is 38.1 Å². The molecule has 1 aromatic heterocycles. The number of hydrogen-bond donors (Lipinski definition) is 1. The molecule has 1 atom stereocenters. The van der Waals surface area contributed by atoms with Crippen LogP contribution in [0.5, 0.6) is 0 Å². The molecule has 1 unspecified atom stereocenters. The highest BCUT2D eigenvalue weighted by atomic mass is 19.2. The van der Waals surface area contributed by atoms with Crippen LogP contribution in [0.1, 0.15) is 17.4 Å². The number of imidazole rings is 1. The summed E-state index contributed by atoms with van der Waals surface area (Å²) in [6.07, 6.45) is 3.72. The summed E-state index contributed by atoms with van der Waals surface area (Å²) in [6, 6.07) is 3.85. The summed E-state index contributed by atoms with van der Waals surface area (Å²) in [4.78, 5) is 6.44. The monoisotopic (exact) mass is 278 g/mol. The van der Waals surface area contributed by atoms with Gasteiger partial charge in [-0.1, -0.05) is 6.07 Å². The molecular weight excluding hydrogens is 262 g/mol. The molecule has 0 radical (unpaired) electrons. The Hall–Kier alpha value is -1.79. The first-order valence-electron chi connectivity index (χ1n) is 6.58. The second-order valence-corrected chi connectivity index (χ2v) is 4.93. The lowest BCUT2D eigenvalue weighted by Crippen LogP contribution is -2.39. The summed E-state index contributed by atoms with van der Waals surface area (Å²) >= 11 is 0. The molecule has 1 aromatic carbocycles. The lowest BCUT2D eigenvalue weighted by atomic mass is 10.0. The van der Waals surface area contributed by atoms with Crippen molar-refractivity contribution in [1.29, 1.82) is 0 Å². The first-order chi connectivity index (χ1) is 9.69. The lowest BCUT2D eigenvalue weighted by molar-refractivity contribution is 0.156. The number of aromatic nitrogens is 2. The first kappa shape index (κ1) is 13.2. The molecule has 2 heterocycles. The predicted molar refractivity (Wildman–Crippen MR) is 70.8 cm³/mol.